The first kappa shape index (κ1) is 11.7. The Labute approximate surface area is 109 Å². The number of hydrogen-bond donors (Lipinski definition) is 1. The Hall–Kier alpha value is -2.34. The lowest BCUT2D eigenvalue weighted by Crippen LogP contribution is -2.09. The zero-order valence-corrected chi connectivity index (χ0v) is 10.4. The highest BCUT2D eigenvalue weighted by molar-refractivity contribution is 5.73. The van der Waals surface area contributed by atoms with Crippen molar-refractivity contribution in [2.24, 2.45) is 7.05 Å². The number of para-hydroxylation sites is 2. The summed E-state index contributed by atoms with van der Waals surface area (Å²) in [4.78, 5) is 12.8. The Balaban J connectivity index is 1.89. The maximum absolute atomic E-state index is 10.2. The van der Waals surface area contributed by atoms with Gasteiger partial charge in [0, 0.05) is 13.5 Å². The first-order valence-electron chi connectivity index (χ1n) is 5.96. The van der Waals surface area contributed by atoms with Crippen LogP contribution in [0, 0.1) is 0 Å². The fraction of sp³-hybridized carbons (Fsp3) is 0.231. The van der Waals surface area contributed by atoms with Crippen LogP contribution in [0.5, 0.6) is 0 Å². The molecule has 1 unspecified atom stereocenters. The van der Waals surface area contributed by atoms with Crippen LogP contribution in [-0.4, -0.2) is 29.8 Å². The number of aliphatic hydroxyl groups is 1. The molecule has 0 fully saturated rings. The zero-order chi connectivity index (χ0) is 13.2. The van der Waals surface area contributed by atoms with Gasteiger partial charge in [-0.15, -0.1) is 0 Å². The Morgan fingerprint density at radius 3 is 2.74 bits per heavy atom. The van der Waals surface area contributed by atoms with Gasteiger partial charge in [0.25, 0.3) is 0 Å². The van der Waals surface area contributed by atoms with Gasteiger partial charge in [0.05, 0.1) is 22.9 Å². The lowest BCUT2D eigenvalue weighted by Gasteiger charge is -2.09. The predicted molar refractivity (Wildman–Crippen MR) is 69.2 cm³/mol. The lowest BCUT2D eigenvalue weighted by atomic mass is 10.2. The van der Waals surface area contributed by atoms with Gasteiger partial charge in [-0.3, -0.25) is 9.67 Å². The van der Waals surface area contributed by atoms with Crippen molar-refractivity contribution in [3.8, 4) is 0 Å². The SMILES string of the molecule is Cn1ncnc1CC(O)c1cnc2ccccc2n1. The van der Waals surface area contributed by atoms with Gasteiger partial charge in [-0.05, 0) is 12.1 Å². The second kappa shape index (κ2) is 4.74. The molecule has 1 atom stereocenters. The molecule has 0 amide bonds. The van der Waals surface area contributed by atoms with Crippen LogP contribution in [0.4, 0.5) is 0 Å². The molecule has 6 nitrogen and oxygen atoms in total. The van der Waals surface area contributed by atoms with Crippen molar-refractivity contribution in [2.45, 2.75) is 12.5 Å². The lowest BCUT2D eigenvalue weighted by molar-refractivity contribution is 0.169. The van der Waals surface area contributed by atoms with E-state index in [9.17, 15) is 5.11 Å². The normalized spacial score (nSPS) is 12.7. The summed E-state index contributed by atoms with van der Waals surface area (Å²) >= 11 is 0. The van der Waals surface area contributed by atoms with Crippen molar-refractivity contribution in [2.75, 3.05) is 0 Å². The van der Waals surface area contributed by atoms with Gasteiger partial charge in [-0.1, -0.05) is 12.1 Å². The topological polar surface area (TPSA) is 76.7 Å². The summed E-state index contributed by atoms with van der Waals surface area (Å²) in [5.74, 6) is 0.711. The molecule has 19 heavy (non-hydrogen) atoms. The number of nitrogens with zero attached hydrogens (tertiary/aromatic N) is 5. The zero-order valence-electron chi connectivity index (χ0n) is 10.4. The molecule has 6 heteroatoms. The molecule has 0 aliphatic rings. The summed E-state index contributed by atoms with van der Waals surface area (Å²) in [6.45, 7) is 0. The quantitative estimate of drug-likeness (QED) is 0.756. The molecule has 0 radical (unpaired) electrons. The smallest absolute Gasteiger partial charge is 0.138 e. The van der Waals surface area contributed by atoms with Gasteiger partial charge in [0.2, 0.25) is 0 Å². The first-order valence-corrected chi connectivity index (χ1v) is 5.96. The number of aromatic nitrogens is 5. The van der Waals surface area contributed by atoms with E-state index in [1.54, 1.807) is 17.9 Å². The standard InChI is InChI=1S/C13H13N5O/c1-18-13(15-8-16-18)6-12(19)11-7-14-9-4-2-3-5-10(9)17-11/h2-5,7-8,12,19H,6H2,1H3. The van der Waals surface area contributed by atoms with Crippen LogP contribution in [0.2, 0.25) is 0 Å². The van der Waals surface area contributed by atoms with E-state index >= 15 is 0 Å². The summed E-state index contributed by atoms with van der Waals surface area (Å²) in [7, 11) is 1.79. The van der Waals surface area contributed by atoms with Crippen molar-refractivity contribution in [3.05, 3.63) is 48.3 Å². The average Bonchev–Trinajstić information content (AvgIpc) is 2.84. The second-order valence-electron chi connectivity index (χ2n) is 4.30. The van der Waals surface area contributed by atoms with Gasteiger partial charge in [0.15, 0.2) is 0 Å². The molecule has 3 rings (SSSR count). The molecule has 3 aromatic rings. The number of fused-ring (bicyclic) bond motifs is 1. The molecule has 96 valence electrons. The van der Waals surface area contributed by atoms with E-state index in [4.69, 9.17) is 0 Å². The van der Waals surface area contributed by atoms with Crippen molar-refractivity contribution in [1.29, 1.82) is 0 Å². The minimum absolute atomic E-state index is 0.365. The Morgan fingerprint density at radius 1 is 1.21 bits per heavy atom. The van der Waals surface area contributed by atoms with Gasteiger partial charge < -0.3 is 5.11 Å². The third kappa shape index (κ3) is 2.30. The highest BCUT2D eigenvalue weighted by atomic mass is 16.3. The molecular weight excluding hydrogens is 242 g/mol. The van der Waals surface area contributed by atoms with Gasteiger partial charge in [-0.25, -0.2) is 9.97 Å². The maximum Gasteiger partial charge on any atom is 0.138 e. The number of benzene rings is 1. The highest BCUT2D eigenvalue weighted by Gasteiger charge is 2.14. The van der Waals surface area contributed by atoms with Crippen molar-refractivity contribution >= 4 is 11.0 Å². The maximum atomic E-state index is 10.2. The van der Waals surface area contributed by atoms with Crippen LogP contribution in [0.3, 0.4) is 0 Å². The van der Waals surface area contributed by atoms with Crippen molar-refractivity contribution < 1.29 is 5.11 Å². The molecule has 0 saturated carbocycles. The fourth-order valence-corrected chi connectivity index (χ4v) is 1.91. The van der Waals surface area contributed by atoms with E-state index in [0.717, 1.165) is 11.0 Å². The van der Waals surface area contributed by atoms with Gasteiger partial charge >= 0.3 is 0 Å². The van der Waals surface area contributed by atoms with Crippen LogP contribution >= 0.6 is 0 Å². The summed E-state index contributed by atoms with van der Waals surface area (Å²) in [5, 5.41) is 14.2. The number of aliphatic hydroxyl groups excluding tert-OH is 1. The van der Waals surface area contributed by atoms with Crippen LogP contribution in [0.1, 0.15) is 17.6 Å². The van der Waals surface area contributed by atoms with E-state index in [1.807, 2.05) is 24.3 Å². The van der Waals surface area contributed by atoms with Gasteiger partial charge in [-0.2, -0.15) is 5.10 Å². The van der Waals surface area contributed by atoms with Crippen LogP contribution in [0.25, 0.3) is 11.0 Å². The van der Waals surface area contributed by atoms with Crippen molar-refractivity contribution in [3.63, 3.8) is 0 Å². The molecule has 0 spiro atoms. The van der Waals surface area contributed by atoms with E-state index in [-0.39, 0.29) is 0 Å². The van der Waals surface area contributed by atoms with Crippen LogP contribution < -0.4 is 0 Å². The largest absolute Gasteiger partial charge is 0.386 e. The molecule has 2 aromatic heterocycles. The molecule has 0 bridgehead atoms. The molecule has 0 saturated heterocycles. The first-order chi connectivity index (χ1) is 9.24. The molecule has 2 heterocycles. The molecule has 0 aliphatic heterocycles. The van der Waals surface area contributed by atoms with E-state index in [2.05, 4.69) is 20.1 Å². The van der Waals surface area contributed by atoms with Gasteiger partial charge in [0.1, 0.15) is 18.3 Å². The Bertz CT molecular complexity index is 709. The molecular formula is C13H13N5O. The van der Waals surface area contributed by atoms with Crippen molar-refractivity contribution in [1.82, 2.24) is 24.7 Å². The summed E-state index contributed by atoms with van der Waals surface area (Å²) in [6.07, 6.45) is 2.70. The van der Waals surface area contributed by atoms with Crippen LogP contribution in [0.15, 0.2) is 36.8 Å². The summed E-state index contributed by atoms with van der Waals surface area (Å²) in [6, 6.07) is 7.57. The molecule has 1 aromatic carbocycles. The third-order valence-electron chi connectivity index (χ3n) is 2.99. The predicted octanol–water partition coefficient (Wildman–Crippen LogP) is 1.03. The third-order valence-corrected chi connectivity index (χ3v) is 2.99. The molecule has 0 aliphatic carbocycles. The minimum atomic E-state index is -0.736. The second-order valence-corrected chi connectivity index (χ2v) is 4.30. The average molecular weight is 255 g/mol. The monoisotopic (exact) mass is 255 g/mol. The highest BCUT2D eigenvalue weighted by Crippen LogP contribution is 2.17. The van der Waals surface area contributed by atoms with E-state index < -0.39 is 6.10 Å². The van der Waals surface area contributed by atoms with Crippen LogP contribution in [-0.2, 0) is 13.5 Å². The van der Waals surface area contributed by atoms with E-state index in [1.165, 1.54) is 6.33 Å². The summed E-state index contributed by atoms with van der Waals surface area (Å²) in [5.41, 5.74) is 2.14. The van der Waals surface area contributed by atoms with E-state index in [0.29, 0.717) is 17.9 Å². The summed E-state index contributed by atoms with van der Waals surface area (Å²) < 4.78 is 1.64. The minimum Gasteiger partial charge on any atom is -0.386 e. The fourth-order valence-electron chi connectivity index (χ4n) is 1.91. The Morgan fingerprint density at radius 2 is 2.00 bits per heavy atom. The number of aryl methyl sites for hydroxylation is 1. The number of hydrogen-bond acceptors (Lipinski definition) is 5. The Kier molecular flexibility index (Phi) is 2.92. The number of rotatable bonds is 3. The molecule has 1 N–H and O–H groups in total.